The van der Waals surface area contributed by atoms with Crippen LogP contribution >= 0.6 is 35.6 Å². The number of hydrogen-bond acceptors (Lipinski definition) is 4. The Bertz CT molecular complexity index is 599. The van der Waals surface area contributed by atoms with Crippen LogP contribution in [-0.4, -0.2) is 16.8 Å². The lowest BCUT2D eigenvalue weighted by atomic mass is 10.1. The lowest BCUT2D eigenvalue weighted by Gasteiger charge is -2.11. The molecule has 1 aromatic carbocycles. The molecule has 0 aliphatic carbocycles. The van der Waals surface area contributed by atoms with E-state index in [1.54, 1.807) is 18.2 Å². The van der Waals surface area contributed by atoms with Crippen molar-refractivity contribution in [1.82, 2.24) is 5.32 Å². The first-order valence-electron chi connectivity index (χ1n) is 6.63. The van der Waals surface area contributed by atoms with Crippen molar-refractivity contribution < 1.29 is 9.53 Å². The number of thiocarbonyl (C=S) groups is 1. The van der Waals surface area contributed by atoms with Crippen LogP contribution in [0.25, 0.3) is 6.08 Å². The zero-order valence-electron chi connectivity index (χ0n) is 11.8. The van der Waals surface area contributed by atoms with Crippen LogP contribution in [0.1, 0.15) is 25.8 Å². The van der Waals surface area contributed by atoms with Crippen molar-refractivity contribution in [1.29, 1.82) is 0 Å². The summed E-state index contributed by atoms with van der Waals surface area (Å²) in [6.07, 6.45) is 2.73. The van der Waals surface area contributed by atoms with Crippen LogP contribution in [-0.2, 0) is 4.79 Å². The van der Waals surface area contributed by atoms with Crippen LogP contribution in [0.5, 0.6) is 5.75 Å². The van der Waals surface area contributed by atoms with Gasteiger partial charge < -0.3 is 10.1 Å². The molecule has 3 nitrogen and oxygen atoms in total. The first-order chi connectivity index (χ1) is 9.95. The Morgan fingerprint density at radius 1 is 1.48 bits per heavy atom. The molecule has 1 fully saturated rings. The Morgan fingerprint density at radius 2 is 2.24 bits per heavy atom. The maximum atomic E-state index is 11.7. The van der Waals surface area contributed by atoms with E-state index in [2.05, 4.69) is 19.2 Å². The molecule has 1 heterocycles. The normalized spacial score (nSPS) is 16.7. The van der Waals surface area contributed by atoms with E-state index in [-0.39, 0.29) is 5.91 Å². The number of ether oxygens (including phenoxy) is 1. The van der Waals surface area contributed by atoms with E-state index in [0.717, 1.165) is 17.7 Å². The summed E-state index contributed by atoms with van der Waals surface area (Å²) in [5, 5.41) is 3.19. The SMILES string of the molecule is CC(C)CCOc1ccc(Cl)cc1/C=C1/SC(=S)NC1=O. The van der Waals surface area contributed by atoms with Gasteiger partial charge in [-0.05, 0) is 36.6 Å². The second-order valence-electron chi connectivity index (χ2n) is 5.07. The van der Waals surface area contributed by atoms with Gasteiger partial charge in [0.25, 0.3) is 5.91 Å². The number of nitrogens with one attached hydrogen (secondary N) is 1. The summed E-state index contributed by atoms with van der Waals surface area (Å²) in [4.78, 5) is 12.3. The Balaban J connectivity index is 2.21. The summed E-state index contributed by atoms with van der Waals surface area (Å²) in [5.41, 5.74) is 0.786. The number of amides is 1. The number of carbonyl (C=O) groups is 1. The average molecular weight is 342 g/mol. The molecule has 1 amide bonds. The number of halogens is 1. The van der Waals surface area contributed by atoms with Crippen molar-refractivity contribution >= 4 is 51.9 Å². The fourth-order valence-electron chi connectivity index (χ4n) is 1.73. The molecule has 112 valence electrons. The van der Waals surface area contributed by atoms with Gasteiger partial charge in [-0.25, -0.2) is 0 Å². The van der Waals surface area contributed by atoms with Gasteiger partial charge in [0, 0.05) is 10.6 Å². The minimum absolute atomic E-state index is 0.182. The molecule has 1 N–H and O–H groups in total. The second-order valence-corrected chi connectivity index (χ2v) is 7.22. The lowest BCUT2D eigenvalue weighted by Crippen LogP contribution is -2.17. The zero-order chi connectivity index (χ0) is 15.4. The van der Waals surface area contributed by atoms with Gasteiger partial charge in [0.2, 0.25) is 0 Å². The second kappa shape index (κ2) is 7.29. The summed E-state index contributed by atoms with van der Waals surface area (Å²) in [5.74, 6) is 1.12. The number of thioether (sulfide) groups is 1. The van der Waals surface area contributed by atoms with Crippen LogP contribution in [0.15, 0.2) is 23.1 Å². The van der Waals surface area contributed by atoms with E-state index in [4.69, 9.17) is 28.6 Å². The van der Waals surface area contributed by atoms with Crippen LogP contribution in [0.3, 0.4) is 0 Å². The van der Waals surface area contributed by atoms with Crippen LogP contribution in [0.4, 0.5) is 0 Å². The quantitative estimate of drug-likeness (QED) is 0.641. The summed E-state index contributed by atoms with van der Waals surface area (Å²) in [6.45, 7) is 4.93. The highest BCUT2D eigenvalue weighted by Gasteiger charge is 2.22. The molecule has 0 radical (unpaired) electrons. The molecule has 6 heteroatoms. The lowest BCUT2D eigenvalue weighted by molar-refractivity contribution is -0.115. The number of rotatable bonds is 5. The van der Waals surface area contributed by atoms with E-state index in [9.17, 15) is 4.79 Å². The van der Waals surface area contributed by atoms with E-state index in [1.807, 2.05) is 6.07 Å². The first-order valence-corrected chi connectivity index (χ1v) is 8.23. The van der Waals surface area contributed by atoms with E-state index in [0.29, 0.717) is 26.8 Å². The van der Waals surface area contributed by atoms with Crippen molar-refractivity contribution in [3.05, 3.63) is 33.7 Å². The fraction of sp³-hybridized carbons (Fsp3) is 0.333. The van der Waals surface area contributed by atoms with E-state index >= 15 is 0 Å². The van der Waals surface area contributed by atoms with Crippen LogP contribution < -0.4 is 10.1 Å². The highest BCUT2D eigenvalue weighted by molar-refractivity contribution is 8.26. The van der Waals surface area contributed by atoms with Crippen molar-refractivity contribution in [3.63, 3.8) is 0 Å². The molecule has 1 aliphatic heterocycles. The first kappa shape index (κ1) is 16.3. The Kier molecular flexibility index (Phi) is 5.67. The molecule has 1 aliphatic rings. The molecule has 0 saturated carbocycles. The summed E-state index contributed by atoms with van der Waals surface area (Å²) in [6, 6.07) is 5.39. The maximum absolute atomic E-state index is 11.7. The van der Waals surface area contributed by atoms with Crippen LogP contribution in [0.2, 0.25) is 5.02 Å². The third kappa shape index (κ3) is 4.73. The molecule has 0 bridgehead atoms. The summed E-state index contributed by atoms with van der Waals surface area (Å²) >= 11 is 12.3. The molecule has 1 aromatic rings. The monoisotopic (exact) mass is 341 g/mol. The van der Waals surface area contributed by atoms with Crippen molar-refractivity contribution in [3.8, 4) is 5.75 Å². The molecule has 2 rings (SSSR count). The van der Waals surface area contributed by atoms with Gasteiger partial charge in [-0.15, -0.1) is 0 Å². The maximum Gasteiger partial charge on any atom is 0.263 e. The number of hydrogen-bond donors (Lipinski definition) is 1. The summed E-state index contributed by atoms with van der Waals surface area (Å²) in [7, 11) is 0. The average Bonchev–Trinajstić information content (AvgIpc) is 2.70. The Morgan fingerprint density at radius 3 is 2.86 bits per heavy atom. The third-order valence-corrected chi connectivity index (χ3v) is 4.25. The topological polar surface area (TPSA) is 38.3 Å². The minimum atomic E-state index is -0.182. The highest BCUT2D eigenvalue weighted by Crippen LogP contribution is 2.31. The Labute approximate surface area is 139 Å². The van der Waals surface area contributed by atoms with Gasteiger partial charge >= 0.3 is 0 Å². The van der Waals surface area contributed by atoms with Gasteiger partial charge in [-0.2, -0.15) is 0 Å². The summed E-state index contributed by atoms with van der Waals surface area (Å²) < 4.78 is 6.27. The standard InChI is InChI=1S/C15H16ClNO2S2/c1-9(2)5-6-19-12-4-3-11(16)7-10(12)8-13-14(18)17-15(20)21-13/h3-4,7-9H,5-6H2,1-2H3,(H,17,18,20)/b13-8+. The van der Waals surface area contributed by atoms with Crippen molar-refractivity contribution in [2.75, 3.05) is 6.61 Å². The van der Waals surface area contributed by atoms with Crippen molar-refractivity contribution in [2.24, 2.45) is 5.92 Å². The molecule has 0 aromatic heterocycles. The van der Waals surface area contributed by atoms with Gasteiger partial charge in [0.15, 0.2) is 0 Å². The minimum Gasteiger partial charge on any atom is -0.493 e. The zero-order valence-corrected chi connectivity index (χ0v) is 14.2. The smallest absolute Gasteiger partial charge is 0.263 e. The largest absolute Gasteiger partial charge is 0.493 e. The molecule has 0 spiro atoms. The predicted octanol–water partition coefficient (Wildman–Crippen LogP) is 4.25. The molecule has 1 saturated heterocycles. The van der Waals surface area contributed by atoms with Gasteiger partial charge in [-0.3, -0.25) is 4.79 Å². The number of benzene rings is 1. The van der Waals surface area contributed by atoms with Gasteiger partial charge in [-0.1, -0.05) is 49.4 Å². The molecular formula is C15H16ClNO2S2. The molecular weight excluding hydrogens is 326 g/mol. The van der Waals surface area contributed by atoms with E-state index in [1.165, 1.54) is 11.8 Å². The number of carbonyl (C=O) groups excluding carboxylic acids is 1. The Hall–Kier alpha value is -1.04. The van der Waals surface area contributed by atoms with Gasteiger partial charge in [0.05, 0.1) is 11.5 Å². The predicted molar refractivity (Wildman–Crippen MR) is 92.7 cm³/mol. The molecule has 0 atom stereocenters. The van der Waals surface area contributed by atoms with Gasteiger partial charge in [0.1, 0.15) is 10.1 Å². The third-order valence-electron chi connectivity index (χ3n) is 2.85. The highest BCUT2D eigenvalue weighted by atomic mass is 35.5. The van der Waals surface area contributed by atoms with E-state index < -0.39 is 0 Å². The van der Waals surface area contributed by atoms with Crippen LogP contribution in [0, 0.1) is 5.92 Å². The van der Waals surface area contributed by atoms with Crippen molar-refractivity contribution in [2.45, 2.75) is 20.3 Å². The molecule has 21 heavy (non-hydrogen) atoms. The molecule has 0 unspecified atom stereocenters. The fourth-order valence-corrected chi connectivity index (χ4v) is 2.95.